The van der Waals surface area contributed by atoms with Gasteiger partial charge in [-0.2, -0.15) is 0 Å². The Bertz CT molecular complexity index is 1090. The predicted octanol–water partition coefficient (Wildman–Crippen LogP) is 5.89. The number of fused-ring (bicyclic) bond motifs is 2. The Balaban J connectivity index is 1.62. The maximum Gasteiger partial charge on any atom is 0.224 e. The van der Waals surface area contributed by atoms with Crippen molar-refractivity contribution in [1.29, 1.82) is 0 Å². The largest absolute Gasteiger partial charge is 0.309 e. The van der Waals surface area contributed by atoms with Crippen LogP contribution in [-0.2, 0) is 9.59 Å². The van der Waals surface area contributed by atoms with Crippen LogP contribution in [0.2, 0.25) is 0 Å². The molecule has 162 valence electrons. The highest BCUT2D eigenvalue weighted by molar-refractivity contribution is 5.81. The normalized spacial score (nSPS) is 23.7. The standard InChI is InChI=1S/C28H28N2O2/c1-17(31)29-15-13-21-5-3-7-23(19-9-10-19)25(21)27(29)28-26-22(14-16-30(28)18(2)32)6-4-8-24(26)20-11-12-20/h3-8,13-16,19-20,27-28H,9-12H2,1-2H3/t27-,28-/m0/s1. The van der Waals surface area contributed by atoms with E-state index in [1.165, 1.54) is 59.1 Å². The number of amides is 2. The Morgan fingerprint density at radius 2 is 1.09 bits per heavy atom. The summed E-state index contributed by atoms with van der Waals surface area (Å²) in [6.07, 6.45) is 12.7. The SMILES string of the molecule is CC(=O)N1C=Cc2cccc(C3CC3)c2[C@H]1[C@@H]1c2c(cccc2C2CC2)C=CN1C(C)=O. The fraction of sp³-hybridized carbons (Fsp3) is 0.357. The summed E-state index contributed by atoms with van der Waals surface area (Å²) in [6.45, 7) is 3.26. The maximum absolute atomic E-state index is 12.9. The summed E-state index contributed by atoms with van der Waals surface area (Å²) in [7, 11) is 0. The van der Waals surface area contributed by atoms with Crippen molar-refractivity contribution in [3.63, 3.8) is 0 Å². The van der Waals surface area contributed by atoms with E-state index in [2.05, 4.69) is 48.6 Å². The molecule has 32 heavy (non-hydrogen) atoms. The van der Waals surface area contributed by atoms with Gasteiger partial charge >= 0.3 is 0 Å². The molecule has 2 aromatic rings. The van der Waals surface area contributed by atoms with Gasteiger partial charge in [-0.25, -0.2) is 0 Å². The summed E-state index contributed by atoms with van der Waals surface area (Å²) in [5.74, 6) is 1.11. The highest BCUT2D eigenvalue weighted by atomic mass is 16.2. The Hall–Kier alpha value is -3.14. The Morgan fingerprint density at radius 3 is 1.44 bits per heavy atom. The minimum atomic E-state index is -0.239. The highest BCUT2D eigenvalue weighted by Crippen LogP contribution is 2.54. The molecule has 0 aromatic heterocycles. The van der Waals surface area contributed by atoms with Gasteiger partial charge in [-0.05, 0) is 83.1 Å². The van der Waals surface area contributed by atoms with Crippen LogP contribution in [0.25, 0.3) is 12.2 Å². The first-order valence-corrected chi connectivity index (χ1v) is 11.7. The lowest BCUT2D eigenvalue weighted by Crippen LogP contribution is -2.43. The van der Waals surface area contributed by atoms with E-state index in [1.54, 1.807) is 13.8 Å². The van der Waals surface area contributed by atoms with Crippen LogP contribution in [0.5, 0.6) is 0 Å². The minimum Gasteiger partial charge on any atom is -0.309 e. The van der Waals surface area contributed by atoms with Gasteiger partial charge in [0, 0.05) is 26.2 Å². The summed E-state index contributed by atoms with van der Waals surface area (Å²) in [5.41, 5.74) is 7.45. The Labute approximate surface area is 189 Å². The van der Waals surface area contributed by atoms with E-state index < -0.39 is 0 Å². The molecule has 2 amide bonds. The fourth-order valence-corrected chi connectivity index (χ4v) is 5.68. The van der Waals surface area contributed by atoms with Crippen molar-refractivity contribution in [2.45, 2.75) is 63.5 Å². The van der Waals surface area contributed by atoms with Crippen LogP contribution in [0, 0.1) is 0 Å². The maximum atomic E-state index is 12.9. The predicted molar refractivity (Wildman–Crippen MR) is 125 cm³/mol. The molecule has 2 saturated carbocycles. The van der Waals surface area contributed by atoms with Gasteiger partial charge in [-0.3, -0.25) is 9.59 Å². The number of hydrogen-bond donors (Lipinski definition) is 0. The third-order valence-corrected chi connectivity index (χ3v) is 7.43. The molecule has 0 saturated heterocycles. The molecule has 4 heteroatoms. The van der Waals surface area contributed by atoms with Gasteiger partial charge in [0.05, 0.1) is 12.1 Å². The second kappa shape index (κ2) is 7.19. The smallest absolute Gasteiger partial charge is 0.224 e. The lowest BCUT2D eigenvalue weighted by molar-refractivity contribution is -0.134. The summed E-state index contributed by atoms with van der Waals surface area (Å²) in [5, 5.41) is 0. The van der Waals surface area contributed by atoms with E-state index in [9.17, 15) is 9.59 Å². The zero-order valence-electron chi connectivity index (χ0n) is 18.6. The molecule has 0 bridgehead atoms. The van der Waals surface area contributed by atoms with Gasteiger partial charge in [-0.15, -0.1) is 0 Å². The zero-order valence-corrected chi connectivity index (χ0v) is 18.6. The fourth-order valence-electron chi connectivity index (χ4n) is 5.68. The van der Waals surface area contributed by atoms with Crippen molar-refractivity contribution in [2.24, 2.45) is 0 Å². The number of rotatable bonds is 3. The monoisotopic (exact) mass is 424 g/mol. The van der Waals surface area contributed by atoms with Gasteiger partial charge in [0.25, 0.3) is 0 Å². The van der Waals surface area contributed by atoms with E-state index in [4.69, 9.17) is 0 Å². The molecule has 2 aliphatic heterocycles. The number of carbonyl (C=O) groups excluding carboxylic acids is 2. The first-order valence-electron chi connectivity index (χ1n) is 11.7. The molecule has 2 atom stereocenters. The van der Waals surface area contributed by atoms with Crippen LogP contribution in [-0.4, -0.2) is 21.6 Å². The topological polar surface area (TPSA) is 40.6 Å². The van der Waals surface area contributed by atoms with Gasteiger partial charge in [0.15, 0.2) is 0 Å². The first-order chi connectivity index (χ1) is 15.5. The molecule has 4 aliphatic rings. The number of hydrogen-bond acceptors (Lipinski definition) is 2. The quantitative estimate of drug-likeness (QED) is 0.616. The molecule has 2 heterocycles. The number of nitrogens with zero attached hydrogens (tertiary/aromatic N) is 2. The summed E-state index contributed by atoms with van der Waals surface area (Å²) in [4.78, 5) is 29.6. The van der Waals surface area contributed by atoms with Crippen LogP contribution in [0.15, 0.2) is 48.8 Å². The van der Waals surface area contributed by atoms with E-state index in [-0.39, 0.29) is 23.9 Å². The van der Waals surface area contributed by atoms with Gasteiger partial charge < -0.3 is 9.80 Å². The van der Waals surface area contributed by atoms with Crippen LogP contribution in [0.4, 0.5) is 0 Å². The lowest BCUT2D eigenvalue weighted by Gasteiger charge is -2.45. The van der Waals surface area contributed by atoms with Crippen LogP contribution in [0.3, 0.4) is 0 Å². The van der Waals surface area contributed by atoms with Crippen molar-refractivity contribution in [1.82, 2.24) is 9.80 Å². The average Bonchev–Trinajstić information content (AvgIpc) is 3.70. The van der Waals surface area contributed by atoms with E-state index in [1.807, 2.05) is 22.2 Å². The average molecular weight is 425 g/mol. The van der Waals surface area contributed by atoms with Crippen LogP contribution >= 0.6 is 0 Å². The molecule has 0 unspecified atom stereocenters. The van der Waals surface area contributed by atoms with Crippen molar-refractivity contribution in [3.05, 3.63) is 82.2 Å². The molecular formula is C28H28N2O2. The second-order valence-corrected chi connectivity index (χ2v) is 9.62. The molecule has 2 fully saturated rings. The van der Waals surface area contributed by atoms with E-state index in [0.29, 0.717) is 11.8 Å². The van der Waals surface area contributed by atoms with Gasteiger partial charge in [0.1, 0.15) is 0 Å². The third kappa shape index (κ3) is 3.04. The molecule has 0 radical (unpaired) electrons. The van der Waals surface area contributed by atoms with Crippen molar-refractivity contribution >= 4 is 24.0 Å². The highest BCUT2D eigenvalue weighted by Gasteiger charge is 2.44. The minimum absolute atomic E-state index is 0.00556. The second-order valence-electron chi connectivity index (χ2n) is 9.62. The number of carbonyl (C=O) groups is 2. The molecule has 6 rings (SSSR count). The summed E-state index contributed by atoms with van der Waals surface area (Å²) >= 11 is 0. The third-order valence-electron chi connectivity index (χ3n) is 7.43. The van der Waals surface area contributed by atoms with E-state index >= 15 is 0 Å². The molecule has 0 spiro atoms. The number of benzene rings is 2. The molecular weight excluding hydrogens is 396 g/mol. The summed E-state index contributed by atoms with van der Waals surface area (Å²) < 4.78 is 0. The first kappa shape index (κ1) is 19.5. The lowest BCUT2D eigenvalue weighted by atomic mass is 9.78. The Kier molecular flexibility index (Phi) is 4.39. The van der Waals surface area contributed by atoms with Gasteiger partial charge in [0.2, 0.25) is 11.8 Å². The molecule has 2 aliphatic carbocycles. The van der Waals surface area contributed by atoms with Crippen LogP contribution in [0.1, 0.15) is 96.8 Å². The molecule has 0 N–H and O–H groups in total. The zero-order chi connectivity index (χ0) is 22.0. The van der Waals surface area contributed by atoms with E-state index in [0.717, 1.165) is 0 Å². The molecule has 2 aromatic carbocycles. The van der Waals surface area contributed by atoms with Crippen molar-refractivity contribution < 1.29 is 9.59 Å². The van der Waals surface area contributed by atoms with Crippen molar-refractivity contribution in [2.75, 3.05) is 0 Å². The van der Waals surface area contributed by atoms with Gasteiger partial charge in [-0.1, -0.05) is 36.4 Å². The Morgan fingerprint density at radius 1 is 0.688 bits per heavy atom. The summed E-state index contributed by atoms with van der Waals surface area (Å²) in [6, 6.07) is 12.5. The van der Waals surface area contributed by atoms with Crippen molar-refractivity contribution in [3.8, 4) is 0 Å². The molecule has 4 nitrogen and oxygen atoms in total. The van der Waals surface area contributed by atoms with Crippen LogP contribution < -0.4 is 0 Å².